The molecule has 0 unspecified atom stereocenters. The Labute approximate surface area is 183 Å². The first-order valence-corrected chi connectivity index (χ1v) is 10.5. The molecule has 0 aliphatic rings. The number of carbonyl (C=O) groups is 1. The van der Waals surface area contributed by atoms with Crippen LogP contribution in [0, 0.1) is 0 Å². The predicted octanol–water partition coefficient (Wildman–Crippen LogP) is 3.78. The molecule has 0 radical (unpaired) electrons. The maximum Gasteiger partial charge on any atom is 0.287 e. The number of nitrogens with one attached hydrogen (secondary N) is 1. The number of amides is 1. The molecule has 0 bridgehead atoms. The molecule has 0 aliphatic carbocycles. The Morgan fingerprint density at radius 2 is 1.78 bits per heavy atom. The molecule has 4 aromatic heterocycles. The second kappa shape index (κ2) is 8.19. The van der Waals surface area contributed by atoms with Crippen LogP contribution >= 0.6 is 0 Å². The van der Waals surface area contributed by atoms with Crippen molar-refractivity contribution in [2.45, 2.75) is 26.4 Å². The Kier molecular flexibility index (Phi) is 5.07. The fourth-order valence-electron chi connectivity index (χ4n) is 3.83. The Bertz CT molecular complexity index is 1470. The Hall–Kier alpha value is -4.13. The van der Waals surface area contributed by atoms with E-state index in [9.17, 15) is 9.59 Å². The maximum absolute atomic E-state index is 13.0. The summed E-state index contributed by atoms with van der Waals surface area (Å²) in [5, 5.41) is 2.87. The Morgan fingerprint density at radius 1 is 1.00 bits per heavy atom. The lowest BCUT2D eigenvalue weighted by Gasteiger charge is -2.10. The number of fused-ring (bicyclic) bond motifs is 3. The maximum atomic E-state index is 13.0. The lowest BCUT2D eigenvalue weighted by Crippen LogP contribution is -2.24. The molecule has 1 N–H and O–H groups in total. The molecule has 5 rings (SSSR count). The molecule has 4 heterocycles. The lowest BCUT2D eigenvalue weighted by molar-refractivity contribution is 0.0921. The Balaban J connectivity index is 1.37. The number of pyridine rings is 1. The lowest BCUT2D eigenvalue weighted by atomic mass is 10.1. The molecular weight excluding hydrogens is 404 g/mol. The van der Waals surface area contributed by atoms with Crippen LogP contribution in [-0.4, -0.2) is 19.9 Å². The number of aromatic nitrogens is 3. The summed E-state index contributed by atoms with van der Waals surface area (Å²) in [5.41, 5.74) is 4.05. The van der Waals surface area contributed by atoms with Crippen molar-refractivity contribution < 1.29 is 9.21 Å². The van der Waals surface area contributed by atoms with Crippen molar-refractivity contribution in [2.24, 2.45) is 0 Å². The number of hydrogen-bond acceptors (Lipinski definition) is 4. The van der Waals surface area contributed by atoms with E-state index in [1.807, 2.05) is 40.9 Å². The largest absolute Gasteiger partial charge is 0.454 e. The molecule has 32 heavy (non-hydrogen) atoms. The highest BCUT2D eigenvalue weighted by atomic mass is 16.4. The molecule has 0 fully saturated rings. The second-order valence-corrected chi connectivity index (χ2v) is 7.62. The van der Waals surface area contributed by atoms with Crippen molar-refractivity contribution in [3.63, 3.8) is 0 Å². The van der Waals surface area contributed by atoms with E-state index in [-0.39, 0.29) is 23.8 Å². The van der Waals surface area contributed by atoms with Crippen LogP contribution in [0.1, 0.15) is 34.4 Å². The van der Waals surface area contributed by atoms with Crippen LogP contribution in [0.15, 0.2) is 82.3 Å². The average Bonchev–Trinajstić information content (AvgIpc) is 3.51. The molecule has 7 heteroatoms. The molecule has 0 saturated heterocycles. The molecule has 0 atom stereocenters. The van der Waals surface area contributed by atoms with Gasteiger partial charge in [-0.15, -0.1) is 0 Å². The standard InChI is InChI=1S/C25H22N4O3/c1-2-17-7-9-18(10-8-17)15-27-24(30)22-12-11-19(32-22)16-29-23-20(5-3-13-26-23)28-14-4-6-21(28)25(29)31/h3-14H,2,15-16H2,1H3,(H,27,30). The van der Waals surface area contributed by atoms with Gasteiger partial charge in [-0.1, -0.05) is 31.2 Å². The van der Waals surface area contributed by atoms with E-state index in [0.717, 1.165) is 17.5 Å². The van der Waals surface area contributed by atoms with Gasteiger partial charge in [0.2, 0.25) is 0 Å². The molecule has 160 valence electrons. The second-order valence-electron chi connectivity index (χ2n) is 7.62. The van der Waals surface area contributed by atoms with Crippen LogP contribution in [0.25, 0.3) is 16.7 Å². The van der Waals surface area contributed by atoms with E-state index in [4.69, 9.17) is 4.42 Å². The minimum absolute atomic E-state index is 0.167. The van der Waals surface area contributed by atoms with Gasteiger partial charge in [-0.3, -0.25) is 14.2 Å². The fourth-order valence-corrected chi connectivity index (χ4v) is 3.83. The third-order valence-corrected chi connectivity index (χ3v) is 5.58. The van der Waals surface area contributed by atoms with Gasteiger partial charge in [-0.2, -0.15) is 0 Å². The highest BCUT2D eigenvalue weighted by Gasteiger charge is 2.15. The normalized spacial score (nSPS) is 11.3. The predicted molar refractivity (Wildman–Crippen MR) is 122 cm³/mol. The van der Waals surface area contributed by atoms with Crippen molar-refractivity contribution >= 4 is 22.6 Å². The zero-order valence-corrected chi connectivity index (χ0v) is 17.6. The van der Waals surface area contributed by atoms with Gasteiger partial charge in [0.25, 0.3) is 11.5 Å². The number of benzene rings is 1. The molecular formula is C25H22N4O3. The zero-order chi connectivity index (χ0) is 22.1. The van der Waals surface area contributed by atoms with Crippen LogP contribution < -0.4 is 10.9 Å². The number of hydrogen-bond donors (Lipinski definition) is 1. The van der Waals surface area contributed by atoms with Crippen LogP contribution in [0.2, 0.25) is 0 Å². The SMILES string of the molecule is CCc1ccc(CNC(=O)c2ccc(Cn3c(=O)c4cccn4c4cccnc43)o2)cc1. The van der Waals surface area contributed by atoms with Crippen molar-refractivity contribution in [3.05, 3.63) is 106 Å². The summed E-state index contributed by atoms with van der Waals surface area (Å²) in [4.78, 5) is 30.0. The van der Waals surface area contributed by atoms with Gasteiger partial charge in [0.15, 0.2) is 11.4 Å². The molecule has 0 aliphatic heterocycles. The zero-order valence-electron chi connectivity index (χ0n) is 17.6. The van der Waals surface area contributed by atoms with Crippen LogP contribution in [0.3, 0.4) is 0 Å². The van der Waals surface area contributed by atoms with E-state index in [2.05, 4.69) is 29.4 Å². The Morgan fingerprint density at radius 3 is 2.59 bits per heavy atom. The summed E-state index contributed by atoms with van der Waals surface area (Å²) in [6.07, 6.45) is 4.48. The van der Waals surface area contributed by atoms with Crippen molar-refractivity contribution in [2.75, 3.05) is 0 Å². The molecule has 7 nitrogen and oxygen atoms in total. The molecule has 0 saturated carbocycles. The van der Waals surface area contributed by atoms with Crippen LogP contribution in [0.5, 0.6) is 0 Å². The van der Waals surface area contributed by atoms with Crippen LogP contribution in [-0.2, 0) is 19.5 Å². The van der Waals surface area contributed by atoms with E-state index in [1.165, 1.54) is 5.56 Å². The third kappa shape index (κ3) is 3.58. The van der Waals surface area contributed by atoms with E-state index < -0.39 is 0 Å². The molecule has 0 spiro atoms. The van der Waals surface area contributed by atoms with E-state index >= 15 is 0 Å². The quantitative estimate of drug-likeness (QED) is 0.448. The van der Waals surface area contributed by atoms with Gasteiger partial charge in [0, 0.05) is 18.9 Å². The molecule has 1 amide bonds. The van der Waals surface area contributed by atoms with Crippen molar-refractivity contribution in [1.82, 2.24) is 19.3 Å². The van der Waals surface area contributed by atoms with E-state index in [1.54, 1.807) is 29.0 Å². The highest BCUT2D eigenvalue weighted by molar-refractivity contribution is 5.91. The summed E-state index contributed by atoms with van der Waals surface area (Å²) >= 11 is 0. The smallest absolute Gasteiger partial charge is 0.287 e. The topological polar surface area (TPSA) is 81.5 Å². The van der Waals surface area contributed by atoms with Crippen LogP contribution in [0.4, 0.5) is 0 Å². The number of carbonyl (C=O) groups excluding carboxylic acids is 1. The first-order valence-electron chi connectivity index (χ1n) is 10.5. The molecule has 1 aromatic carbocycles. The monoisotopic (exact) mass is 426 g/mol. The summed E-state index contributed by atoms with van der Waals surface area (Å²) < 4.78 is 9.16. The minimum atomic E-state index is -0.298. The van der Waals surface area contributed by atoms with Gasteiger partial charge in [0.1, 0.15) is 11.3 Å². The first kappa shape index (κ1) is 19.8. The van der Waals surface area contributed by atoms with Gasteiger partial charge >= 0.3 is 0 Å². The first-order chi connectivity index (χ1) is 15.6. The molecule has 5 aromatic rings. The van der Waals surface area contributed by atoms with Gasteiger partial charge in [-0.25, -0.2) is 4.98 Å². The van der Waals surface area contributed by atoms with Crippen molar-refractivity contribution in [1.29, 1.82) is 0 Å². The number of nitrogens with zero attached hydrogens (tertiary/aromatic N) is 3. The third-order valence-electron chi connectivity index (χ3n) is 5.58. The fraction of sp³-hybridized carbons (Fsp3) is 0.160. The number of rotatable bonds is 6. The van der Waals surface area contributed by atoms with E-state index in [0.29, 0.717) is 23.5 Å². The van der Waals surface area contributed by atoms with Gasteiger partial charge in [-0.05, 0) is 53.9 Å². The number of aryl methyl sites for hydroxylation is 1. The number of furan rings is 1. The summed E-state index contributed by atoms with van der Waals surface area (Å²) in [6.45, 7) is 2.70. The summed E-state index contributed by atoms with van der Waals surface area (Å²) in [7, 11) is 0. The van der Waals surface area contributed by atoms with Gasteiger partial charge < -0.3 is 14.1 Å². The highest BCUT2D eigenvalue weighted by Crippen LogP contribution is 2.16. The summed E-state index contributed by atoms with van der Waals surface area (Å²) in [5.74, 6) is 0.417. The average molecular weight is 426 g/mol. The minimum Gasteiger partial charge on any atom is -0.454 e. The van der Waals surface area contributed by atoms with Gasteiger partial charge in [0.05, 0.1) is 12.1 Å². The summed E-state index contributed by atoms with van der Waals surface area (Å²) in [6, 6.07) is 18.8. The van der Waals surface area contributed by atoms with Crippen molar-refractivity contribution in [3.8, 4) is 0 Å².